The number of ether oxygens (including phenoxy) is 1. The van der Waals surface area contributed by atoms with Crippen LogP contribution in [0, 0.1) is 11.2 Å². The number of halogens is 2. The molecule has 6 heteroatoms. The number of nitrogens with zero attached hydrogens (tertiary/aromatic N) is 1. The van der Waals surface area contributed by atoms with Gasteiger partial charge in [-0.3, -0.25) is 0 Å². The lowest BCUT2D eigenvalue weighted by Crippen LogP contribution is -2.17. The molecule has 4 nitrogen and oxygen atoms in total. The van der Waals surface area contributed by atoms with E-state index in [0.29, 0.717) is 29.5 Å². The van der Waals surface area contributed by atoms with Crippen molar-refractivity contribution in [3.63, 3.8) is 0 Å². The van der Waals surface area contributed by atoms with Gasteiger partial charge in [0.1, 0.15) is 5.82 Å². The second-order valence-electron chi connectivity index (χ2n) is 6.54. The van der Waals surface area contributed by atoms with E-state index in [9.17, 15) is 4.39 Å². The number of nitrogens with two attached hydrogens (primary N) is 1. The van der Waals surface area contributed by atoms with Gasteiger partial charge in [-0.05, 0) is 49.2 Å². The molecule has 0 amide bonds. The van der Waals surface area contributed by atoms with Crippen molar-refractivity contribution in [1.82, 2.24) is 4.57 Å². The second kappa shape index (κ2) is 8.76. The molecule has 0 aliphatic carbocycles. The van der Waals surface area contributed by atoms with Crippen molar-refractivity contribution in [3.05, 3.63) is 58.5 Å². The summed E-state index contributed by atoms with van der Waals surface area (Å²) in [6.07, 6.45) is 2.99. The van der Waals surface area contributed by atoms with Crippen LogP contribution in [-0.2, 0) is 4.74 Å². The minimum atomic E-state index is -0.284. The Balaban J connectivity index is 0.00000109. The van der Waals surface area contributed by atoms with Crippen LogP contribution in [-0.4, -0.2) is 24.0 Å². The maximum Gasteiger partial charge on any atom is 0.123 e. The molecule has 0 spiro atoms. The molecular formula is C22H25ClFN3O. The van der Waals surface area contributed by atoms with Crippen LogP contribution >= 0.6 is 11.6 Å². The molecule has 0 unspecified atom stereocenters. The van der Waals surface area contributed by atoms with Gasteiger partial charge in [-0.25, -0.2) is 4.39 Å². The zero-order valence-electron chi connectivity index (χ0n) is 16.1. The lowest BCUT2D eigenvalue weighted by atomic mass is 9.96. The fraction of sp³-hybridized carbons (Fsp3) is 0.318. The van der Waals surface area contributed by atoms with Gasteiger partial charge in [0.2, 0.25) is 0 Å². The van der Waals surface area contributed by atoms with Crippen LogP contribution in [0.2, 0.25) is 5.02 Å². The van der Waals surface area contributed by atoms with Gasteiger partial charge in [0.15, 0.2) is 0 Å². The number of hydrogen-bond acceptors (Lipinski definition) is 3. The molecule has 1 fully saturated rings. The van der Waals surface area contributed by atoms with Crippen molar-refractivity contribution in [3.8, 4) is 5.69 Å². The first-order valence-corrected chi connectivity index (χ1v) is 9.95. The van der Waals surface area contributed by atoms with Gasteiger partial charge in [-0.2, -0.15) is 0 Å². The quantitative estimate of drug-likeness (QED) is 0.422. The predicted octanol–water partition coefficient (Wildman–Crippen LogP) is 5.92. The Morgan fingerprint density at radius 1 is 1.18 bits per heavy atom. The molecule has 148 valence electrons. The summed E-state index contributed by atoms with van der Waals surface area (Å²) in [6.45, 7) is 5.39. The molecule has 0 radical (unpaired) electrons. The molecule has 2 aromatic carbocycles. The molecule has 1 saturated heterocycles. The van der Waals surface area contributed by atoms with Gasteiger partial charge >= 0.3 is 0 Å². The first-order chi connectivity index (χ1) is 13.6. The Morgan fingerprint density at radius 3 is 2.43 bits per heavy atom. The van der Waals surface area contributed by atoms with Crippen molar-refractivity contribution >= 4 is 34.4 Å². The Kier molecular flexibility index (Phi) is 6.37. The van der Waals surface area contributed by atoms with Crippen molar-refractivity contribution < 1.29 is 9.13 Å². The fourth-order valence-electron chi connectivity index (χ4n) is 3.67. The lowest BCUT2D eigenvalue weighted by molar-refractivity contribution is 0.0843. The van der Waals surface area contributed by atoms with Gasteiger partial charge in [-0.1, -0.05) is 25.4 Å². The molecule has 0 atom stereocenters. The summed E-state index contributed by atoms with van der Waals surface area (Å²) >= 11 is 6.80. The van der Waals surface area contributed by atoms with Crippen molar-refractivity contribution in [1.29, 1.82) is 5.41 Å². The van der Waals surface area contributed by atoms with Crippen LogP contribution in [0.1, 0.15) is 43.9 Å². The lowest BCUT2D eigenvalue weighted by Gasteiger charge is -2.24. The van der Waals surface area contributed by atoms with Crippen LogP contribution in [0.3, 0.4) is 0 Å². The van der Waals surface area contributed by atoms with E-state index in [4.69, 9.17) is 27.5 Å². The number of nitrogens with one attached hydrogen (secondary N) is 1. The summed E-state index contributed by atoms with van der Waals surface area (Å²) < 4.78 is 21.0. The molecule has 28 heavy (non-hydrogen) atoms. The summed E-state index contributed by atoms with van der Waals surface area (Å²) in [4.78, 5) is 0. The SMILES string of the molecule is CC.N=Cc1cc2c(cc1N)c(Cl)c(C1CCOCC1)n2-c1ccc(F)cc1. The van der Waals surface area contributed by atoms with E-state index in [2.05, 4.69) is 4.57 Å². The zero-order valence-corrected chi connectivity index (χ0v) is 16.9. The van der Waals surface area contributed by atoms with Crippen LogP contribution in [0.5, 0.6) is 0 Å². The summed E-state index contributed by atoms with van der Waals surface area (Å²) in [5.74, 6) is -0.0355. The largest absolute Gasteiger partial charge is 0.398 e. The van der Waals surface area contributed by atoms with Crippen LogP contribution in [0.15, 0.2) is 36.4 Å². The number of benzene rings is 2. The molecule has 1 aliphatic rings. The number of rotatable bonds is 3. The fourth-order valence-corrected chi connectivity index (χ4v) is 4.06. The summed E-state index contributed by atoms with van der Waals surface area (Å²) in [7, 11) is 0. The van der Waals surface area contributed by atoms with E-state index in [0.717, 1.165) is 35.1 Å². The van der Waals surface area contributed by atoms with Crippen molar-refractivity contribution in [2.75, 3.05) is 18.9 Å². The molecule has 1 aliphatic heterocycles. The number of nitrogen functional groups attached to an aromatic ring is 1. The monoisotopic (exact) mass is 401 g/mol. The first-order valence-electron chi connectivity index (χ1n) is 9.57. The van der Waals surface area contributed by atoms with Gasteiger partial charge in [-0.15, -0.1) is 0 Å². The zero-order chi connectivity index (χ0) is 20.3. The number of hydrogen-bond donors (Lipinski definition) is 2. The van der Waals surface area contributed by atoms with Gasteiger partial charge in [0.05, 0.1) is 10.5 Å². The van der Waals surface area contributed by atoms with E-state index in [-0.39, 0.29) is 11.7 Å². The van der Waals surface area contributed by atoms with Crippen molar-refractivity contribution in [2.45, 2.75) is 32.6 Å². The minimum Gasteiger partial charge on any atom is -0.398 e. The third-order valence-corrected chi connectivity index (χ3v) is 5.39. The minimum absolute atomic E-state index is 0.248. The van der Waals surface area contributed by atoms with E-state index < -0.39 is 0 Å². The van der Waals surface area contributed by atoms with Crippen LogP contribution in [0.25, 0.3) is 16.6 Å². The maximum absolute atomic E-state index is 13.5. The Labute approximate surface area is 169 Å². The molecule has 2 heterocycles. The molecule has 3 aromatic rings. The molecule has 1 aromatic heterocycles. The van der Waals surface area contributed by atoms with Crippen LogP contribution < -0.4 is 5.73 Å². The van der Waals surface area contributed by atoms with Gasteiger partial charge in [0.25, 0.3) is 0 Å². The first kappa shape index (κ1) is 20.4. The molecule has 4 rings (SSSR count). The normalized spacial score (nSPS) is 14.6. The molecule has 3 N–H and O–H groups in total. The smallest absolute Gasteiger partial charge is 0.123 e. The standard InChI is InChI=1S/C20H19ClFN3O.C2H6/c21-19-16-10-17(24)13(11-23)9-18(16)25(15-3-1-14(22)2-4-15)20(19)12-5-7-26-8-6-12;1-2/h1-4,9-12,23H,5-8,24H2;1-2H3. The topological polar surface area (TPSA) is 64.0 Å². The predicted molar refractivity (Wildman–Crippen MR) is 115 cm³/mol. The van der Waals surface area contributed by atoms with E-state index in [1.54, 1.807) is 12.1 Å². The highest BCUT2D eigenvalue weighted by Crippen LogP contribution is 2.42. The summed E-state index contributed by atoms with van der Waals surface area (Å²) in [5, 5.41) is 9.12. The number of fused-ring (bicyclic) bond motifs is 1. The highest BCUT2D eigenvalue weighted by molar-refractivity contribution is 6.37. The third-order valence-electron chi connectivity index (χ3n) is 4.99. The third kappa shape index (κ3) is 3.64. The van der Waals surface area contributed by atoms with E-state index in [1.807, 2.05) is 26.0 Å². The van der Waals surface area contributed by atoms with Gasteiger partial charge in [0, 0.05) is 53.4 Å². The highest BCUT2D eigenvalue weighted by atomic mass is 35.5. The average Bonchev–Trinajstić information content (AvgIpc) is 3.01. The second-order valence-corrected chi connectivity index (χ2v) is 6.92. The van der Waals surface area contributed by atoms with E-state index in [1.165, 1.54) is 18.3 Å². The van der Waals surface area contributed by atoms with Gasteiger partial charge < -0.3 is 20.4 Å². The molecule has 0 saturated carbocycles. The Bertz CT molecular complexity index is 976. The Hall–Kier alpha value is -2.37. The molecule has 0 bridgehead atoms. The number of aromatic nitrogens is 1. The highest BCUT2D eigenvalue weighted by Gasteiger charge is 2.26. The maximum atomic E-state index is 13.5. The Morgan fingerprint density at radius 2 is 1.82 bits per heavy atom. The van der Waals surface area contributed by atoms with E-state index >= 15 is 0 Å². The average molecular weight is 402 g/mol. The van der Waals surface area contributed by atoms with Crippen molar-refractivity contribution in [2.24, 2.45) is 0 Å². The summed E-state index contributed by atoms with van der Waals surface area (Å²) in [5.41, 5.74) is 9.93. The number of anilines is 1. The molecular weight excluding hydrogens is 377 g/mol. The summed E-state index contributed by atoms with van der Waals surface area (Å²) in [6, 6.07) is 10.1. The van der Waals surface area contributed by atoms with Crippen LogP contribution in [0.4, 0.5) is 10.1 Å².